The second-order valence-corrected chi connectivity index (χ2v) is 14.6. The van der Waals surface area contributed by atoms with Crippen molar-refractivity contribution in [3.05, 3.63) is 102 Å². The highest BCUT2D eigenvalue weighted by molar-refractivity contribution is 5.92. The van der Waals surface area contributed by atoms with E-state index >= 15 is 0 Å². The Morgan fingerprint density at radius 1 is 0.982 bits per heavy atom. The molecule has 1 unspecified atom stereocenters. The van der Waals surface area contributed by atoms with E-state index in [1.807, 2.05) is 80.0 Å². The van der Waals surface area contributed by atoms with Crippen LogP contribution in [0.3, 0.4) is 0 Å². The molecule has 2 amide bonds. The first-order valence-electron chi connectivity index (χ1n) is 19.4. The molecule has 5 aromatic rings. The third-order valence-corrected chi connectivity index (χ3v) is 9.77. The summed E-state index contributed by atoms with van der Waals surface area (Å²) in [4.78, 5) is 60.1. The fraction of sp³-hybridized carbons (Fsp3) is 0.429. The first-order chi connectivity index (χ1) is 27.2. The van der Waals surface area contributed by atoms with Crippen LogP contribution in [-0.2, 0) is 25.7 Å². The number of nitrogens with zero attached hydrogens (tertiary/aromatic N) is 8. The van der Waals surface area contributed by atoms with Crippen molar-refractivity contribution in [2.75, 3.05) is 49.3 Å². The number of aryl methyl sites for hydroxylation is 1. The molecule has 3 aliphatic rings. The van der Waals surface area contributed by atoms with E-state index in [2.05, 4.69) is 31.8 Å². The molecular formula is C42H52N10O4. The van der Waals surface area contributed by atoms with Crippen LogP contribution in [0, 0.1) is 12.8 Å². The van der Waals surface area contributed by atoms with Crippen LogP contribution >= 0.6 is 0 Å². The molecule has 2 N–H and O–H groups in total. The van der Waals surface area contributed by atoms with Crippen molar-refractivity contribution in [3.8, 4) is 0 Å². The summed E-state index contributed by atoms with van der Waals surface area (Å²) in [6.07, 6.45) is 15.8. The van der Waals surface area contributed by atoms with Crippen molar-refractivity contribution in [3.63, 3.8) is 0 Å². The predicted octanol–water partition coefficient (Wildman–Crippen LogP) is 6.11. The van der Waals surface area contributed by atoms with Crippen LogP contribution in [0.5, 0.6) is 0 Å². The van der Waals surface area contributed by atoms with Gasteiger partial charge in [0.1, 0.15) is 36.6 Å². The molecular weight excluding hydrogens is 709 g/mol. The fourth-order valence-corrected chi connectivity index (χ4v) is 5.79. The highest BCUT2D eigenvalue weighted by Crippen LogP contribution is 2.42. The highest BCUT2D eigenvalue weighted by atomic mass is 16.5. The van der Waals surface area contributed by atoms with Crippen LogP contribution in [0.4, 0.5) is 17.3 Å². The summed E-state index contributed by atoms with van der Waals surface area (Å²) in [5.74, 6) is 3.54. The Morgan fingerprint density at radius 3 is 2.32 bits per heavy atom. The van der Waals surface area contributed by atoms with Gasteiger partial charge in [-0.05, 0) is 81.5 Å². The van der Waals surface area contributed by atoms with Gasteiger partial charge in [-0.15, -0.1) is 0 Å². The lowest BCUT2D eigenvalue weighted by Crippen LogP contribution is -2.39. The van der Waals surface area contributed by atoms with Crippen molar-refractivity contribution in [1.29, 1.82) is 0 Å². The van der Waals surface area contributed by atoms with Crippen molar-refractivity contribution in [2.45, 2.75) is 76.9 Å². The van der Waals surface area contributed by atoms with Crippen LogP contribution < -0.4 is 15.5 Å². The standard InChI is InChI=1S/C33H40N8O3.C5H6N2.C4H6O/c1-22(35-30-16-29(34-2)37-32(38-30)25-11-12-25)27-18-40-17-26(24-9-10-24)15-28(33(40)36-27)41(21-42)19-31(43)39(3)13-14-44-20-23-7-5-4-6-8-23;1-5-2-3-6-4-7-5;5-3-4-1-2-4/h4-8,15-18,21-22,24-25H,9-14,19-20H2,1-3H3,(H2,34,35,37,38);2-4H,1H3;3-4H,1-2H2. The van der Waals surface area contributed by atoms with E-state index in [4.69, 9.17) is 14.7 Å². The molecule has 8 rings (SSSR count). The lowest BCUT2D eigenvalue weighted by atomic mass is 10.1. The first kappa shape index (κ1) is 39.9. The molecule has 294 valence electrons. The van der Waals surface area contributed by atoms with Gasteiger partial charge in [-0.1, -0.05) is 30.3 Å². The molecule has 0 bridgehead atoms. The number of anilines is 3. The van der Waals surface area contributed by atoms with Gasteiger partial charge in [0.2, 0.25) is 12.3 Å². The Kier molecular flexibility index (Phi) is 13.7. The molecule has 14 heteroatoms. The molecule has 3 aliphatic carbocycles. The van der Waals surface area contributed by atoms with Crippen LogP contribution in [0.25, 0.3) is 5.65 Å². The Bertz CT molecular complexity index is 2050. The molecule has 0 aliphatic heterocycles. The molecule has 56 heavy (non-hydrogen) atoms. The highest BCUT2D eigenvalue weighted by Gasteiger charge is 2.29. The summed E-state index contributed by atoms with van der Waals surface area (Å²) in [7, 11) is 3.59. The fourth-order valence-electron chi connectivity index (χ4n) is 5.79. The number of hydrogen-bond donors (Lipinski definition) is 2. The molecule has 1 aromatic carbocycles. The lowest BCUT2D eigenvalue weighted by Gasteiger charge is -2.23. The van der Waals surface area contributed by atoms with Crippen LogP contribution in [0.15, 0.2) is 73.4 Å². The summed E-state index contributed by atoms with van der Waals surface area (Å²) < 4.78 is 7.74. The van der Waals surface area contributed by atoms with Gasteiger partial charge in [-0.3, -0.25) is 9.59 Å². The van der Waals surface area contributed by atoms with E-state index in [0.29, 0.717) is 48.8 Å². The summed E-state index contributed by atoms with van der Waals surface area (Å²) in [6, 6.07) is 15.5. The number of ether oxygens (including phenoxy) is 1. The van der Waals surface area contributed by atoms with Crippen molar-refractivity contribution in [1.82, 2.24) is 34.2 Å². The van der Waals surface area contributed by atoms with Gasteiger partial charge in [0, 0.05) is 62.8 Å². The van der Waals surface area contributed by atoms with Crippen molar-refractivity contribution in [2.24, 2.45) is 5.92 Å². The number of nitrogens with one attached hydrogen (secondary N) is 2. The maximum Gasteiger partial charge on any atom is 0.242 e. The minimum Gasteiger partial charge on any atom is -0.375 e. The maximum absolute atomic E-state index is 13.2. The molecule has 3 fully saturated rings. The summed E-state index contributed by atoms with van der Waals surface area (Å²) in [5.41, 5.74) is 5.29. The number of imidazole rings is 1. The number of carbonyl (C=O) groups excluding carboxylic acids is 3. The summed E-state index contributed by atoms with van der Waals surface area (Å²) in [6.45, 7) is 5.20. The Morgan fingerprint density at radius 2 is 1.73 bits per heavy atom. The van der Waals surface area contributed by atoms with E-state index in [1.54, 1.807) is 18.1 Å². The minimum absolute atomic E-state index is 0.0872. The smallest absolute Gasteiger partial charge is 0.242 e. The second kappa shape index (κ2) is 19.2. The number of amides is 2. The zero-order valence-corrected chi connectivity index (χ0v) is 32.7. The van der Waals surface area contributed by atoms with Gasteiger partial charge in [-0.2, -0.15) is 0 Å². The van der Waals surface area contributed by atoms with Crippen molar-refractivity contribution < 1.29 is 19.1 Å². The van der Waals surface area contributed by atoms with Crippen molar-refractivity contribution >= 4 is 41.6 Å². The van der Waals surface area contributed by atoms with E-state index in [0.717, 1.165) is 91.2 Å². The number of benzene rings is 1. The largest absolute Gasteiger partial charge is 0.375 e. The zero-order valence-electron chi connectivity index (χ0n) is 32.7. The van der Waals surface area contributed by atoms with Crippen LogP contribution in [-0.4, -0.2) is 86.6 Å². The third-order valence-electron chi connectivity index (χ3n) is 9.77. The third kappa shape index (κ3) is 11.6. The van der Waals surface area contributed by atoms with E-state index in [9.17, 15) is 14.4 Å². The molecule has 3 saturated carbocycles. The first-order valence-corrected chi connectivity index (χ1v) is 19.4. The molecule has 4 heterocycles. The number of aldehydes is 1. The maximum atomic E-state index is 13.2. The molecule has 14 nitrogen and oxygen atoms in total. The summed E-state index contributed by atoms with van der Waals surface area (Å²) in [5, 5.41) is 6.62. The van der Waals surface area contributed by atoms with E-state index in [1.165, 1.54) is 11.2 Å². The molecule has 0 saturated heterocycles. The number of fused-ring (bicyclic) bond motifs is 1. The normalized spacial score (nSPS) is 15.0. The number of aromatic nitrogens is 6. The number of rotatable bonds is 16. The topological polar surface area (TPSA) is 160 Å². The number of hydrogen-bond acceptors (Lipinski definition) is 11. The van der Waals surface area contributed by atoms with Gasteiger partial charge < -0.3 is 34.4 Å². The Balaban J connectivity index is 0.000000377. The average molecular weight is 761 g/mol. The van der Waals surface area contributed by atoms with Gasteiger partial charge in [0.25, 0.3) is 0 Å². The predicted molar refractivity (Wildman–Crippen MR) is 215 cm³/mol. The lowest BCUT2D eigenvalue weighted by molar-refractivity contribution is -0.129. The molecule has 1 atom stereocenters. The van der Waals surface area contributed by atoms with Gasteiger partial charge in [0.05, 0.1) is 30.6 Å². The number of likely N-dealkylation sites (N-methyl/N-ethyl adjacent to an activating group) is 1. The van der Waals surface area contributed by atoms with E-state index < -0.39 is 0 Å². The van der Waals surface area contributed by atoms with Crippen LogP contribution in [0.2, 0.25) is 0 Å². The van der Waals surface area contributed by atoms with E-state index in [-0.39, 0.29) is 18.5 Å². The number of carbonyl (C=O) groups is 3. The van der Waals surface area contributed by atoms with Gasteiger partial charge >= 0.3 is 0 Å². The minimum atomic E-state index is -0.173. The molecule has 0 radical (unpaired) electrons. The monoisotopic (exact) mass is 760 g/mol. The number of pyridine rings is 1. The quantitative estimate of drug-likeness (QED) is 0.0883. The zero-order chi connectivity index (χ0) is 39.4. The average Bonchev–Trinajstić information content (AvgIpc) is 4.08. The molecule has 4 aromatic heterocycles. The van der Waals surface area contributed by atoms with Crippen LogP contribution in [0.1, 0.15) is 91.7 Å². The Hall–Kier alpha value is -5.76. The summed E-state index contributed by atoms with van der Waals surface area (Å²) >= 11 is 0. The second-order valence-electron chi connectivity index (χ2n) is 14.6. The van der Waals surface area contributed by atoms with Gasteiger partial charge in [-0.25, -0.2) is 24.9 Å². The molecule has 0 spiro atoms. The Labute approximate surface area is 328 Å². The van der Waals surface area contributed by atoms with Gasteiger partial charge in [0.15, 0.2) is 5.65 Å². The SMILES string of the molecule is CNc1cc(NC(C)c2cn3cc(C4CC4)cc(N(C=O)CC(=O)N(C)CCOCc4ccccc4)c3n2)nc(C2CC2)n1.Cc1ccncn1.O=CC1CC1.